The Morgan fingerprint density at radius 3 is 3.05 bits per heavy atom. The molecule has 0 fully saturated rings. The van der Waals surface area contributed by atoms with Crippen LogP contribution in [0, 0.1) is 6.92 Å². The van der Waals surface area contributed by atoms with Crippen LogP contribution in [0.25, 0.3) is 10.4 Å². The lowest BCUT2D eigenvalue weighted by atomic mass is 10.2. The minimum Gasteiger partial charge on any atom is -0.393 e. The largest absolute Gasteiger partial charge is 0.393 e. The third-order valence-corrected chi connectivity index (χ3v) is 2.71. The van der Waals surface area contributed by atoms with Crippen LogP contribution in [-0.4, -0.2) is 27.0 Å². The van der Waals surface area contributed by atoms with Crippen LogP contribution in [0.3, 0.4) is 0 Å². The molecule has 0 bridgehead atoms. The Hall–Kier alpha value is -2.35. The zero-order valence-corrected chi connectivity index (χ0v) is 9.98. The number of H-pyrrole nitrogens is 1. The van der Waals surface area contributed by atoms with Gasteiger partial charge in [-0.05, 0) is 24.6 Å². The lowest BCUT2D eigenvalue weighted by Crippen LogP contribution is -2.36. The summed E-state index contributed by atoms with van der Waals surface area (Å²) in [6.07, 6.45) is 3.30. The highest BCUT2D eigenvalue weighted by Crippen LogP contribution is 2.29. The summed E-state index contributed by atoms with van der Waals surface area (Å²) >= 11 is 0. The molecular formula is C10H11N5O4. The maximum absolute atomic E-state index is 11.7. The second-order valence-electron chi connectivity index (χ2n) is 4.04. The number of nitrogens with zero attached hydrogens (tertiary/aromatic N) is 4. The van der Waals surface area contributed by atoms with Gasteiger partial charge in [0.1, 0.15) is 0 Å². The summed E-state index contributed by atoms with van der Waals surface area (Å²) in [7, 11) is 0. The molecule has 0 unspecified atom stereocenters. The number of aromatic nitrogens is 2. The summed E-state index contributed by atoms with van der Waals surface area (Å²) in [5.41, 5.74) is 6.11. The molecule has 1 aliphatic heterocycles. The molecule has 2 heterocycles. The van der Waals surface area contributed by atoms with E-state index in [9.17, 15) is 14.7 Å². The third kappa shape index (κ3) is 2.29. The zero-order valence-electron chi connectivity index (χ0n) is 9.98. The molecule has 0 amide bonds. The van der Waals surface area contributed by atoms with Crippen molar-refractivity contribution in [3.05, 3.63) is 55.2 Å². The standard InChI is InChI=1S/C10H11N5O4/c1-6-4-15(9(18)12-8(6)17)7-2-3-10(5-16,19-7)13-14-11/h2-4,7,16H,5H2,1H3,(H,12,17,18)/t7-,10-/m0/s1. The van der Waals surface area contributed by atoms with Gasteiger partial charge in [-0.3, -0.25) is 14.3 Å². The van der Waals surface area contributed by atoms with E-state index in [1.54, 1.807) is 6.92 Å². The first-order valence-corrected chi connectivity index (χ1v) is 5.38. The van der Waals surface area contributed by atoms with Gasteiger partial charge in [0.05, 0.1) is 6.61 Å². The number of azide groups is 1. The van der Waals surface area contributed by atoms with Crippen LogP contribution >= 0.6 is 0 Å². The molecule has 0 saturated carbocycles. The summed E-state index contributed by atoms with van der Waals surface area (Å²) in [5.74, 6) is 0. The number of aliphatic hydroxyl groups is 1. The van der Waals surface area contributed by atoms with Gasteiger partial charge in [0.15, 0.2) is 12.0 Å². The Kier molecular flexibility index (Phi) is 3.26. The Morgan fingerprint density at radius 1 is 1.68 bits per heavy atom. The second kappa shape index (κ2) is 4.73. The van der Waals surface area contributed by atoms with Gasteiger partial charge in [0.2, 0.25) is 0 Å². The Bertz CT molecular complexity index is 684. The van der Waals surface area contributed by atoms with Gasteiger partial charge in [-0.25, -0.2) is 4.79 Å². The van der Waals surface area contributed by atoms with Crippen LogP contribution in [0.2, 0.25) is 0 Å². The highest BCUT2D eigenvalue weighted by atomic mass is 16.6. The van der Waals surface area contributed by atoms with Crippen molar-refractivity contribution in [2.45, 2.75) is 18.9 Å². The van der Waals surface area contributed by atoms with Crippen LogP contribution in [-0.2, 0) is 4.74 Å². The minimum absolute atomic E-state index is 0.335. The van der Waals surface area contributed by atoms with E-state index in [0.29, 0.717) is 5.56 Å². The maximum atomic E-state index is 11.7. The molecule has 100 valence electrons. The number of ether oxygens (including phenoxy) is 1. The number of nitrogens with one attached hydrogen (secondary N) is 1. The molecule has 2 rings (SSSR count). The average molecular weight is 265 g/mol. The molecule has 9 nitrogen and oxygen atoms in total. The molecule has 1 aromatic heterocycles. The summed E-state index contributed by atoms with van der Waals surface area (Å²) in [6, 6.07) is 0. The van der Waals surface area contributed by atoms with E-state index in [1.165, 1.54) is 18.3 Å². The number of aliphatic hydroxyl groups excluding tert-OH is 1. The summed E-state index contributed by atoms with van der Waals surface area (Å²) in [5, 5.41) is 12.5. The van der Waals surface area contributed by atoms with Gasteiger partial charge in [-0.15, -0.1) is 0 Å². The van der Waals surface area contributed by atoms with E-state index in [2.05, 4.69) is 15.0 Å². The van der Waals surface area contributed by atoms with Gasteiger partial charge in [0.25, 0.3) is 5.56 Å². The molecule has 2 N–H and O–H groups in total. The van der Waals surface area contributed by atoms with Gasteiger partial charge < -0.3 is 9.84 Å². The molecule has 19 heavy (non-hydrogen) atoms. The molecular weight excluding hydrogens is 254 g/mol. The van der Waals surface area contributed by atoms with E-state index < -0.39 is 29.8 Å². The Balaban J connectivity index is 2.40. The molecule has 1 aliphatic rings. The number of aromatic amines is 1. The van der Waals surface area contributed by atoms with Crippen molar-refractivity contribution < 1.29 is 9.84 Å². The van der Waals surface area contributed by atoms with E-state index in [4.69, 9.17) is 10.3 Å². The topological polar surface area (TPSA) is 133 Å². The lowest BCUT2D eigenvalue weighted by molar-refractivity contribution is -0.0799. The van der Waals surface area contributed by atoms with Crippen molar-refractivity contribution in [3.8, 4) is 0 Å². The Labute approximate surface area is 106 Å². The molecule has 1 aromatic rings. The number of rotatable bonds is 3. The average Bonchev–Trinajstić information content (AvgIpc) is 2.79. The van der Waals surface area contributed by atoms with Crippen molar-refractivity contribution in [1.82, 2.24) is 9.55 Å². The highest BCUT2D eigenvalue weighted by molar-refractivity contribution is 5.11. The second-order valence-corrected chi connectivity index (χ2v) is 4.04. The van der Waals surface area contributed by atoms with Crippen molar-refractivity contribution in [2.75, 3.05) is 6.61 Å². The maximum Gasteiger partial charge on any atom is 0.330 e. The first-order chi connectivity index (χ1) is 9.01. The fourth-order valence-electron chi connectivity index (χ4n) is 1.70. The molecule has 0 spiro atoms. The third-order valence-electron chi connectivity index (χ3n) is 2.71. The smallest absolute Gasteiger partial charge is 0.330 e. The fourth-order valence-corrected chi connectivity index (χ4v) is 1.70. The number of hydrogen-bond donors (Lipinski definition) is 2. The van der Waals surface area contributed by atoms with Crippen LogP contribution in [0.4, 0.5) is 0 Å². The number of hydrogen-bond acceptors (Lipinski definition) is 5. The molecule has 9 heteroatoms. The lowest BCUT2D eigenvalue weighted by Gasteiger charge is -2.22. The zero-order chi connectivity index (χ0) is 14.0. The van der Waals surface area contributed by atoms with Crippen LogP contribution in [0.1, 0.15) is 11.8 Å². The van der Waals surface area contributed by atoms with Gasteiger partial charge in [-0.1, -0.05) is 5.11 Å². The van der Waals surface area contributed by atoms with Crippen molar-refractivity contribution >= 4 is 0 Å². The summed E-state index contributed by atoms with van der Waals surface area (Å²) < 4.78 is 6.50. The molecule has 0 radical (unpaired) electrons. The van der Waals surface area contributed by atoms with Crippen molar-refractivity contribution in [2.24, 2.45) is 5.11 Å². The first kappa shape index (κ1) is 13.1. The molecule has 0 aliphatic carbocycles. The molecule has 2 atom stereocenters. The van der Waals surface area contributed by atoms with Crippen LogP contribution in [0.15, 0.2) is 33.1 Å². The quantitative estimate of drug-likeness (QED) is 0.342. The number of aryl methyl sites for hydroxylation is 1. The monoisotopic (exact) mass is 265 g/mol. The van der Waals surface area contributed by atoms with E-state index in [1.807, 2.05) is 0 Å². The van der Waals surface area contributed by atoms with E-state index >= 15 is 0 Å². The normalized spacial score (nSPS) is 25.3. The van der Waals surface area contributed by atoms with Crippen molar-refractivity contribution in [3.63, 3.8) is 0 Å². The van der Waals surface area contributed by atoms with Gasteiger partial charge >= 0.3 is 5.69 Å². The predicted octanol–water partition coefficient (Wildman–Crippen LogP) is -0.0711. The minimum atomic E-state index is -1.52. The van der Waals surface area contributed by atoms with E-state index in [-0.39, 0.29) is 0 Å². The van der Waals surface area contributed by atoms with Crippen molar-refractivity contribution in [1.29, 1.82) is 0 Å². The van der Waals surface area contributed by atoms with E-state index in [0.717, 1.165) is 4.57 Å². The SMILES string of the molecule is Cc1cn([C@@H]2C=C[C@](CO)(N=[N+]=[N-])O2)c(=O)[nH]c1=O. The molecule has 0 saturated heterocycles. The van der Waals surface area contributed by atoms with Crippen LogP contribution < -0.4 is 11.2 Å². The van der Waals surface area contributed by atoms with Gasteiger partial charge in [-0.2, -0.15) is 0 Å². The Morgan fingerprint density at radius 2 is 2.42 bits per heavy atom. The van der Waals surface area contributed by atoms with Crippen LogP contribution in [0.5, 0.6) is 0 Å². The summed E-state index contributed by atoms with van der Waals surface area (Å²) in [6.45, 7) is 0.987. The molecule has 0 aromatic carbocycles. The highest BCUT2D eigenvalue weighted by Gasteiger charge is 2.35. The fraction of sp³-hybridized carbons (Fsp3) is 0.400. The predicted molar refractivity (Wildman–Crippen MR) is 64.3 cm³/mol. The summed E-state index contributed by atoms with van der Waals surface area (Å²) in [4.78, 5) is 27.6. The first-order valence-electron chi connectivity index (χ1n) is 5.38. The van der Waals surface area contributed by atoms with Gasteiger partial charge in [0, 0.05) is 16.7 Å².